The predicted molar refractivity (Wildman–Crippen MR) is 119 cm³/mol. The zero-order chi connectivity index (χ0) is 22.8. The van der Waals surface area contributed by atoms with Gasteiger partial charge < -0.3 is 0 Å². The monoisotopic (exact) mass is 481 g/mol. The lowest BCUT2D eigenvalue weighted by Gasteiger charge is -2.27. The minimum atomic E-state index is -3.93. The fourth-order valence-electron chi connectivity index (χ4n) is 2.75. The maximum atomic E-state index is 12.8. The lowest BCUT2D eigenvalue weighted by molar-refractivity contribution is -0.384. The number of sulfonamides is 1. The summed E-state index contributed by atoms with van der Waals surface area (Å²) in [6, 6.07) is 10.7. The highest BCUT2D eigenvalue weighted by atomic mass is 35.5. The van der Waals surface area contributed by atoms with Crippen molar-refractivity contribution in [3.8, 4) is 10.6 Å². The molecule has 0 radical (unpaired) electrons. The number of amides is 1. The van der Waals surface area contributed by atoms with Crippen LogP contribution in [-0.2, 0) is 14.8 Å². The molecule has 1 aromatic heterocycles. The molecule has 2 aromatic carbocycles. The van der Waals surface area contributed by atoms with E-state index in [0.29, 0.717) is 10.0 Å². The van der Waals surface area contributed by atoms with Crippen molar-refractivity contribution in [1.29, 1.82) is 0 Å². The molecule has 31 heavy (non-hydrogen) atoms. The van der Waals surface area contributed by atoms with Gasteiger partial charge in [0, 0.05) is 22.7 Å². The van der Waals surface area contributed by atoms with Gasteiger partial charge in [0.1, 0.15) is 11.0 Å². The first-order valence-electron chi connectivity index (χ1n) is 8.70. The van der Waals surface area contributed by atoms with Gasteiger partial charge in [-0.25, -0.2) is 8.42 Å². The molecule has 162 valence electrons. The van der Waals surface area contributed by atoms with Gasteiger partial charge in [-0.3, -0.25) is 24.5 Å². The molecule has 0 saturated heterocycles. The number of anilines is 2. The molecule has 1 amide bonds. The van der Waals surface area contributed by atoms with Gasteiger partial charge in [0.05, 0.1) is 16.9 Å². The smallest absolute Gasteiger partial charge is 0.271 e. The number of carbonyl (C=O) groups is 1. The number of aromatic nitrogens is 2. The van der Waals surface area contributed by atoms with Crippen molar-refractivity contribution in [2.75, 3.05) is 15.9 Å². The molecule has 1 unspecified atom stereocenters. The van der Waals surface area contributed by atoms with Gasteiger partial charge >= 0.3 is 0 Å². The van der Waals surface area contributed by atoms with Gasteiger partial charge in [0.2, 0.25) is 21.1 Å². The number of hydrogen-bond acceptors (Lipinski definition) is 8. The van der Waals surface area contributed by atoms with Gasteiger partial charge in [-0.05, 0) is 25.1 Å². The molecule has 3 aromatic rings. The summed E-state index contributed by atoms with van der Waals surface area (Å²) in [5, 5.41) is 22.8. The molecule has 1 atom stereocenters. The topological polar surface area (TPSA) is 135 Å². The first kappa shape index (κ1) is 22.6. The van der Waals surface area contributed by atoms with Crippen LogP contribution in [0.4, 0.5) is 16.5 Å². The van der Waals surface area contributed by atoms with E-state index in [-0.39, 0.29) is 16.5 Å². The average Bonchev–Trinajstić information content (AvgIpc) is 3.16. The standard InChI is InChI=1S/C18H16ClN5O5S2/c1-11(23(31(2,28)29)14-4-3-5-15(10-14)24(26)27)16(25)20-18-22-21-17(30-18)12-6-8-13(19)9-7-12/h3-11H,1-2H3,(H,20,22,25). The van der Waals surface area contributed by atoms with Gasteiger partial charge in [-0.1, -0.05) is 41.1 Å². The number of nitro benzene ring substituents is 1. The fraction of sp³-hybridized carbons (Fsp3) is 0.167. The Hall–Kier alpha value is -3.09. The van der Waals surface area contributed by atoms with Crippen molar-refractivity contribution >= 4 is 55.4 Å². The largest absolute Gasteiger partial charge is 0.299 e. The van der Waals surface area contributed by atoms with Crippen LogP contribution in [0.15, 0.2) is 48.5 Å². The number of benzene rings is 2. The molecular weight excluding hydrogens is 466 g/mol. The van der Waals surface area contributed by atoms with Crippen molar-refractivity contribution in [3.63, 3.8) is 0 Å². The number of rotatable bonds is 7. The number of non-ortho nitro benzene ring substituents is 1. The van der Waals surface area contributed by atoms with Gasteiger partial charge in [0.25, 0.3) is 5.69 Å². The molecule has 0 fully saturated rings. The van der Waals surface area contributed by atoms with E-state index < -0.39 is 26.9 Å². The van der Waals surface area contributed by atoms with E-state index >= 15 is 0 Å². The van der Waals surface area contributed by atoms with Gasteiger partial charge in [-0.15, -0.1) is 10.2 Å². The van der Waals surface area contributed by atoms with E-state index in [9.17, 15) is 23.3 Å². The zero-order valence-corrected chi connectivity index (χ0v) is 18.6. The molecule has 0 spiro atoms. The van der Waals surface area contributed by atoms with Crippen molar-refractivity contribution in [1.82, 2.24) is 10.2 Å². The molecule has 0 aliphatic carbocycles. The quantitative estimate of drug-likeness (QED) is 0.402. The van der Waals surface area contributed by atoms with Crippen molar-refractivity contribution in [2.24, 2.45) is 0 Å². The Labute approximate surface area is 186 Å². The molecule has 10 nitrogen and oxygen atoms in total. The third kappa shape index (κ3) is 5.34. The Morgan fingerprint density at radius 1 is 1.23 bits per heavy atom. The summed E-state index contributed by atoms with van der Waals surface area (Å²) in [6.07, 6.45) is 0.916. The van der Waals surface area contributed by atoms with Crippen LogP contribution in [0.5, 0.6) is 0 Å². The van der Waals surface area contributed by atoms with Gasteiger partial charge in [-0.2, -0.15) is 0 Å². The molecule has 0 aliphatic heterocycles. The Balaban J connectivity index is 1.83. The van der Waals surface area contributed by atoms with Crippen LogP contribution in [0.3, 0.4) is 0 Å². The minimum absolute atomic E-state index is 0.00142. The van der Waals surface area contributed by atoms with E-state index in [1.165, 1.54) is 25.1 Å². The highest BCUT2D eigenvalue weighted by Crippen LogP contribution is 2.29. The Bertz CT molecular complexity index is 1230. The van der Waals surface area contributed by atoms with Crippen LogP contribution in [-0.4, -0.2) is 41.7 Å². The lowest BCUT2D eigenvalue weighted by atomic mass is 10.2. The Kier molecular flexibility index (Phi) is 6.53. The van der Waals surface area contributed by atoms with Crippen molar-refractivity contribution in [2.45, 2.75) is 13.0 Å². The summed E-state index contributed by atoms with van der Waals surface area (Å²) < 4.78 is 25.6. The van der Waals surface area contributed by atoms with E-state index in [1.54, 1.807) is 24.3 Å². The summed E-state index contributed by atoms with van der Waals surface area (Å²) in [5.41, 5.74) is 0.457. The van der Waals surface area contributed by atoms with Crippen LogP contribution in [0, 0.1) is 10.1 Å². The summed E-state index contributed by atoms with van der Waals surface area (Å²) in [5.74, 6) is -0.671. The van der Waals surface area contributed by atoms with E-state index in [0.717, 1.165) is 33.5 Å². The number of nitro groups is 1. The zero-order valence-electron chi connectivity index (χ0n) is 16.2. The van der Waals surface area contributed by atoms with Crippen LogP contribution in [0.1, 0.15) is 6.92 Å². The number of nitrogens with one attached hydrogen (secondary N) is 1. The lowest BCUT2D eigenvalue weighted by Crippen LogP contribution is -2.45. The predicted octanol–water partition coefficient (Wildman–Crippen LogP) is 3.56. The number of nitrogens with zero attached hydrogens (tertiary/aromatic N) is 4. The van der Waals surface area contributed by atoms with Crippen LogP contribution < -0.4 is 9.62 Å². The summed E-state index contributed by atoms with van der Waals surface area (Å²) in [7, 11) is -3.93. The van der Waals surface area contributed by atoms with Crippen LogP contribution in [0.25, 0.3) is 10.6 Å². The summed E-state index contributed by atoms with van der Waals surface area (Å²) in [6.45, 7) is 1.37. The molecule has 0 saturated carbocycles. The first-order valence-corrected chi connectivity index (χ1v) is 11.7. The second-order valence-corrected chi connectivity index (χ2v) is 9.69. The average molecular weight is 482 g/mol. The van der Waals surface area contributed by atoms with E-state index in [1.807, 2.05) is 0 Å². The van der Waals surface area contributed by atoms with Crippen LogP contribution in [0.2, 0.25) is 5.02 Å². The molecule has 3 rings (SSSR count). The number of hydrogen-bond donors (Lipinski definition) is 1. The third-order valence-electron chi connectivity index (χ3n) is 4.13. The molecule has 13 heteroatoms. The minimum Gasteiger partial charge on any atom is -0.299 e. The normalized spacial score (nSPS) is 12.2. The summed E-state index contributed by atoms with van der Waals surface area (Å²) in [4.78, 5) is 23.2. The molecular formula is C18H16ClN5O5S2. The SMILES string of the molecule is CC(C(=O)Nc1nnc(-c2ccc(Cl)cc2)s1)N(c1cccc([N+](=O)[O-])c1)S(C)(=O)=O. The molecule has 0 aliphatic rings. The maximum Gasteiger partial charge on any atom is 0.271 e. The Morgan fingerprint density at radius 2 is 1.90 bits per heavy atom. The first-order chi connectivity index (χ1) is 14.6. The van der Waals surface area contributed by atoms with E-state index in [2.05, 4.69) is 15.5 Å². The Morgan fingerprint density at radius 3 is 2.52 bits per heavy atom. The molecule has 1 N–H and O–H groups in total. The molecule has 0 bridgehead atoms. The maximum absolute atomic E-state index is 12.8. The summed E-state index contributed by atoms with van der Waals surface area (Å²) >= 11 is 6.98. The van der Waals surface area contributed by atoms with Crippen molar-refractivity contribution < 1.29 is 18.1 Å². The third-order valence-corrected chi connectivity index (χ3v) is 6.51. The van der Waals surface area contributed by atoms with E-state index in [4.69, 9.17) is 11.6 Å². The van der Waals surface area contributed by atoms with Gasteiger partial charge in [0.15, 0.2) is 0 Å². The molecule has 1 heterocycles. The van der Waals surface area contributed by atoms with Crippen LogP contribution >= 0.6 is 22.9 Å². The second kappa shape index (κ2) is 8.96. The fourth-order valence-corrected chi connectivity index (χ4v) is 4.79. The second-order valence-electron chi connectivity index (χ2n) is 6.42. The highest BCUT2D eigenvalue weighted by molar-refractivity contribution is 7.92. The van der Waals surface area contributed by atoms with Crippen molar-refractivity contribution in [3.05, 3.63) is 63.7 Å². The highest BCUT2D eigenvalue weighted by Gasteiger charge is 2.30. The number of halogens is 1. The number of carbonyl (C=O) groups excluding carboxylic acids is 1.